The number of nitrogens with zero attached hydrogens (tertiary/aromatic N) is 1. The van der Waals surface area contributed by atoms with Gasteiger partial charge in [0, 0.05) is 19.0 Å². The Morgan fingerprint density at radius 3 is 2.93 bits per heavy atom. The second kappa shape index (κ2) is 3.87. The first-order valence-electron chi connectivity index (χ1n) is 5.30. The Hall–Kier alpha value is -0.610. The van der Waals surface area contributed by atoms with Gasteiger partial charge >= 0.3 is 0 Å². The SMILES string of the molecule is O=C1[C@H]2CC[C@@H](O)C[C@H]2CN1CCO. The van der Waals surface area contributed by atoms with Crippen molar-refractivity contribution in [2.45, 2.75) is 25.4 Å². The molecule has 0 radical (unpaired) electrons. The number of β-amino-alcohol motifs (C(OH)–C–C–N with tert-alkyl or cyclic N) is 1. The van der Waals surface area contributed by atoms with Crippen LogP contribution in [0.4, 0.5) is 0 Å². The first-order valence-corrected chi connectivity index (χ1v) is 5.30. The highest BCUT2D eigenvalue weighted by Crippen LogP contribution is 2.36. The van der Waals surface area contributed by atoms with E-state index in [9.17, 15) is 9.90 Å². The predicted octanol–water partition coefficient (Wildman–Crippen LogP) is -0.402. The molecule has 0 aromatic heterocycles. The fourth-order valence-electron chi connectivity index (χ4n) is 2.70. The lowest BCUT2D eigenvalue weighted by atomic mass is 9.80. The van der Waals surface area contributed by atoms with Crippen LogP contribution in [0.3, 0.4) is 0 Å². The van der Waals surface area contributed by atoms with Gasteiger partial charge in [0.1, 0.15) is 0 Å². The van der Waals surface area contributed by atoms with Gasteiger partial charge in [-0.15, -0.1) is 0 Å². The molecule has 0 aromatic rings. The third-order valence-electron chi connectivity index (χ3n) is 3.41. The summed E-state index contributed by atoms with van der Waals surface area (Å²) in [5.41, 5.74) is 0. The van der Waals surface area contributed by atoms with Crippen molar-refractivity contribution in [2.75, 3.05) is 19.7 Å². The summed E-state index contributed by atoms with van der Waals surface area (Å²) >= 11 is 0. The number of rotatable bonds is 2. The molecular formula is C10H17NO3. The maximum absolute atomic E-state index is 11.8. The Morgan fingerprint density at radius 2 is 2.21 bits per heavy atom. The Kier molecular flexibility index (Phi) is 2.74. The summed E-state index contributed by atoms with van der Waals surface area (Å²) in [7, 11) is 0. The van der Waals surface area contributed by atoms with Crippen molar-refractivity contribution < 1.29 is 15.0 Å². The lowest BCUT2D eigenvalue weighted by Gasteiger charge is -2.25. The van der Waals surface area contributed by atoms with Crippen LogP contribution < -0.4 is 0 Å². The van der Waals surface area contributed by atoms with E-state index in [-0.39, 0.29) is 24.5 Å². The van der Waals surface area contributed by atoms with Gasteiger partial charge in [-0.2, -0.15) is 0 Å². The highest BCUT2D eigenvalue weighted by molar-refractivity contribution is 5.81. The first kappa shape index (κ1) is 9.93. The molecule has 80 valence electrons. The van der Waals surface area contributed by atoms with Gasteiger partial charge in [-0.1, -0.05) is 0 Å². The molecule has 0 aromatic carbocycles. The molecule has 4 heteroatoms. The van der Waals surface area contributed by atoms with Crippen molar-refractivity contribution in [3.63, 3.8) is 0 Å². The summed E-state index contributed by atoms with van der Waals surface area (Å²) < 4.78 is 0. The van der Waals surface area contributed by atoms with Gasteiger partial charge in [-0.05, 0) is 25.2 Å². The molecule has 2 aliphatic rings. The number of aliphatic hydroxyl groups excluding tert-OH is 2. The molecule has 3 atom stereocenters. The zero-order valence-corrected chi connectivity index (χ0v) is 8.22. The normalized spacial score (nSPS) is 37.4. The minimum atomic E-state index is -0.224. The Balaban J connectivity index is 2.01. The van der Waals surface area contributed by atoms with Crippen molar-refractivity contribution in [2.24, 2.45) is 11.8 Å². The zero-order chi connectivity index (χ0) is 10.1. The van der Waals surface area contributed by atoms with Gasteiger partial charge in [-0.3, -0.25) is 4.79 Å². The van der Waals surface area contributed by atoms with E-state index in [0.717, 1.165) is 25.8 Å². The van der Waals surface area contributed by atoms with Crippen molar-refractivity contribution in [3.05, 3.63) is 0 Å². The van der Waals surface area contributed by atoms with E-state index in [1.54, 1.807) is 4.90 Å². The quantitative estimate of drug-likeness (QED) is 0.636. The smallest absolute Gasteiger partial charge is 0.226 e. The summed E-state index contributed by atoms with van der Waals surface area (Å²) in [6, 6.07) is 0. The molecule has 0 unspecified atom stereocenters. The Labute approximate surface area is 83.5 Å². The van der Waals surface area contributed by atoms with Crippen LogP contribution in [0.5, 0.6) is 0 Å². The Bertz CT molecular complexity index is 231. The summed E-state index contributed by atoms with van der Waals surface area (Å²) in [6.07, 6.45) is 2.09. The summed E-state index contributed by atoms with van der Waals surface area (Å²) in [6.45, 7) is 1.21. The number of carbonyl (C=O) groups excluding carboxylic acids is 1. The second-order valence-electron chi connectivity index (χ2n) is 4.34. The van der Waals surface area contributed by atoms with Gasteiger partial charge in [-0.25, -0.2) is 0 Å². The number of fused-ring (bicyclic) bond motifs is 1. The number of carbonyl (C=O) groups is 1. The molecule has 1 aliphatic carbocycles. The molecule has 1 amide bonds. The fourth-order valence-corrected chi connectivity index (χ4v) is 2.70. The monoisotopic (exact) mass is 199 g/mol. The van der Waals surface area contributed by atoms with Crippen molar-refractivity contribution in [1.82, 2.24) is 4.90 Å². The average Bonchev–Trinajstić information content (AvgIpc) is 2.44. The van der Waals surface area contributed by atoms with E-state index in [1.165, 1.54) is 0 Å². The maximum Gasteiger partial charge on any atom is 0.226 e. The molecule has 2 N–H and O–H groups in total. The molecule has 0 spiro atoms. The molecule has 0 bridgehead atoms. The van der Waals surface area contributed by atoms with Crippen molar-refractivity contribution >= 4 is 5.91 Å². The van der Waals surface area contributed by atoms with Crippen LogP contribution in [-0.4, -0.2) is 46.8 Å². The highest BCUT2D eigenvalue weighted by atomic mass is 16.3. The number of amides is 1. The highest BCUT2D eigenvalue weighted by Gasteiger charge is 2.42. The molecule has 2 rings (SSSR count). The van der Waals surface area contributed by atoms with Crippen LogP contribution in [0.2, 0.25) is 0 Å². The third kappa shape index (κ3) is 1.64. The first-order chi connectivity index (χ1) is 6.72. The van der Waals surface area contributed by atoms with Crippen LogP contribution in [0.1, 0.15) is 19.3 Å². The Morgan fingerprint density at radius 1 is 1.43 bits per heavy atom. The molecule has 1 aliphatic heterocycles. The number of likely N-dealkylation sites (tertiary alicyclic amines) is 1. The number of hydrogen-bond donors (Lipinski definition) is 2. The van der Waals surface area contributed by atoms with Gasteiger partial charge in [0.05, 0.1) is 12.7 Å². The lowest BCUT2D eigenvalue weighted by molar-refractivity contribution is -0.132. The molecular weight excluding hydrogens is 182 g/mol. The van der Waals surface area contributed by atoms with E-state index < -0.39 is 0 Å². The predicted molar refractivity (Wildman–Crippen MR) is 50.5 cm³/mol. The summed E-state index contributed by atoms with van der Waals surface area (Å²) in [5.74, 6) is 0.610. The van der Waals surface area contributed by atoms with Crippen LogP contribution in [-0.2, 0) is 4.79 Å². The van der Waals surface area contributed by atoms with E-state index in [0.29, 0.717) is 12.5 Å². The molecule has 4 nitrogen and oxygen atoms in total. The minimum Gasteiger partial charge on any atom is -0.395 e. The standard InChI is InChI=1S/C10H17NO3/c12-4-3-11-6-7-5-8(13)1-2-9(7)10(11)14/h7-9,12-13H,1-6H2/t7-,8+,9-/m0/s1. The van der Waals surface area contributed by atoms with Crippen LogP contribution in [0.25, 0.3) is 0 Å². The average molecular weight is 199 g/mol. The maximum atomic E-state index is 11.8. The third-order valence-corrected chi connectivity index (χ3v) is 3.41. The topological polar surface area (TPSA) is 60.8 Å². The molecule has 1 saturated carbocycles. The van der Waals surface area contributed by atoms with Gasteiger partial charge in [0.25, 0.3) is 0 Å². The van der Waals surface area contributed by atoms with E-state index in [1.807, 2.05) is 0 Å². The molecule has 2 fully saturated rings. The van der Waals surface area contributed by atoms with Crippen LogP contribution in [0.15, 0.2) is 0 Å². The van der Waals surface area contributed by atoms with Gasteiger partial charge in [0.2, 0.25) is 5.91 Å². The zero-order valence-electron chi connectivity index (χ0n) is 8.22. The van der Waals surface area contributed by atoms with Gasteiger partial charge in [0.15, 0.2) is 0 Å². The van der Waals surface area contributed by atoms with Crippen LogP contribution in [0, 0.1) is 11.8 Å². The minimum absolute atomic E-state index is 0.0354. The number of aliphatic hydroxyl groups is 2. The second-order valence-corrected chi connectivity index (χ2v) is 4.34. The number of hydrogen-bond acceptors (Lipinski definition) is 3. The van der Waals surface area contributed by atoms with Crippen molar-refractivity contribution in [3.8, 4) is 0 Å². The van der Waals surface area contributed by atoms with E-state index in [4.69, 9.17) is 5.11 Å². The van der Waals surface area contributed by atoms with E-state index in [2.05, 4.69) is 0 Å². The molecule has 14 heavy (non-hydrogen) atoms. The summed E-state index contributed by atoms with van der Waals surface area (Å²) in [4.78, 5) is 13.5. The summed E-state index contributed by atoms with van der Waals surface area (Å²) in [5, 5.41) is 18.3. The van der Waals surface area contributed by atoms with Crippen LogP contribution >= 0.6 is 0 Å². The lowest BCUT2D eigenvalue weighted by Crippen LogP contribution is -2.30. The van der Waals surface area contributed by atoms with Gasteiger partial charge < -0.3 is 15.1 Å². The molecule has 1 heterocycles. The van der Waals surface area contributed by atoms with E-state index >= 15 is 0 Å². The largest absolute Gasteiger partial charge is 0.395 e. The molecule has 1 saturated heterocycles. The van der Waals surface area contributed by atoms with Crippen molar-refractivity contribution in [1.29, 1.82) is 0 Å². The fraction of sp³-hybridized carbons (Fsp3) is 0.900.